The molecule has 1 saturated heterocycles. The van der Waals surface area contributed by atoms with Gasteiger partial charge in [-0.2, -0.15) is 0 Å². The maximum absolute atomic E-state index is 5.64. The minimum atomic E-state index is 0.271. The molecule has 0 aromatic carbocycles. The Hall–Kier alpha value is -0.0800. The third kappa shape index (κ3) is 1.95. The predicted octanol–water partition coefficient (Wildman–Crippen LogP) is 0.681. The summed E-state index contributed by atoms with van der Waals surface area (Å²) < 4.78 is 0. The van der Waals surface area contributed by atoms with Crippen LogP contribution in [-0.2, 0) is 0 Å². The van der Waals surface area contributed by atoms with Gasteiger partial charge >= 0.3 is 0 Å². The van der Waals surface area contributed by atoms with Crippen molar-refractivity contribution in [2.75, 3.05) is 6.54 Å². The van der Waals surface area contributed by atoms with E-state index in [9.17, 15) is 0 Å². The quantitative estimate of drug-likeness (QED) is 0.545. The predicted molar refractivity (Wildman–Crippen MR) is 39.0 cm³/mol. The highest BCUT2D eigenvalue weighted by Gasteiger charge is 2.14. The Morgan fingerprint density at radius 1 is 1.56 bits per heavy atom. The third-order valence-corrected chi connectivity index (χ3v) is 2.13. The summed E-state index contributed by atoms with van der Waals surface area (Å²) in [5.41, 5.74) is 5.64. The van der Waals surface area contributed by atoms with Crippen LogP contribution < -0.4 is 11.1 Å². The van der Waals surface area contributed by atoms with E-state index in [0.717, 1.165) is 18.9 Å². The van der Waals surface area contributed by atoms with E-state index < -0.39 is 0 Å². The van der Waals surface area contributed by atoms with E-state index in [0.29, 0.717) is 0 Å². The molecule has 0 radical (unpaired) electrons. The fraction of sp³-hybridized carbons (Fsp3) is 1.00. The Balaban J connectivity index is 2.18. The first-order valence-corrected chi connectivity index (χ1v) is 3.82. The second-order valence-corrected chi connectivity index (χ2v) is 2.87. The maximum Gasteiger partial charge on any atom is 0.0546 e. The van der Waals surface area contributed by atoms with E-state index in [1.54, 1.807) is 0 Å². The number of nitrogens with two attached hydrogens (primary N) is 1. The van der Waals surface area contributed by atoms with Crippen LogP contribution in [0.1, 0.15) is 26.2 Å². The molecule has 0 aromatic rings. The topological polar surface area (TPSA) is 38.0 Å². The molecule has 1 rings (SSSR count). The molecule has 2 nitrogen and oxygen atoms in total. The molecule has 0 aliphatic carbocycles. The fourth-order valence-corrected chi connectivity index (χ4v) is 1.29. The number of rotatable bonds is 1. The molecule has 0 spiro atoms. The van der Waals surface area contributed by atoms with Crippen LogP contribution in [0.3, 0.4) is 0 Å². The molecule has 1 aliphatic heterocycles. The van der Waals surface area contributed by atoms with Crippen molar-refractivity contribution in [2.24, 2.45) is 11.7 Å². The lowest BCUT2D eigenvalue weighted by Crippen LogP contribution is -2.44. The summed E-state index contributed by atoms with van der Waals surface area (Å²) in [5.74, 6) is 0.879. The lowest BCUT2D eigenvalue weighted by atomic mass is 9.96. The molecule has 1 heterocycles. The Labute approximate surface area is 56.8 Å². The fourth-order valence-electron chi connectivity index (χ4n) is 1.29. The van der Waals surface area contributed by atoms with E-state index in [1.807, 2.05) is 0 Å². The molecule has 2 heteroatoms. The Morgan fingerprint density at radius 3 is 2.78 bits per heavy atom. The number of hydrogen-bond acceptors (Lipinski definition) is 2. The van der Waals surface area contributed by atoms with Crippen molar-refractivity contribution in [1.82, 2.24) is 5.32 Å². The summed E-state index contributed by atoms with van der Waals surface area (Å²) in [6.07, 6.45) is 4.02. The van der Waals surface area contributed by atoms with Crippen LogP contribution in [0.5, 0.6) is 0 Å². The number of hydrogen-bond donors (Lipinski definition) is 2. The monoisotopic (exact) mass is 128 g/mol. The molecular formula is C7H16N2. The van der Waals surface area contributed by atoms with E-state index in [4.69, 9.17) is 5.73 Å². The standard InChI is InChI=1S/C7H16N2/c1-2-6-3-4-7(8)9-5-6/h6-7,9H,2-5,8H2,1H3. The van der Waals surface area contributed by atoms with Crippen molar-refractivity contribution < 1.29 is 0 Å². The average molecular weight is 128 g/mol. The van der Waals surface area contributed by atoms with Gasteiger partial charge in [0, 0.05) is 0 Å². The Kier molecular flexibility index (Phi) is 2.49. The molecule has 2 atom stereocenters. The highest BCUT2D eigenvalue weighted by molar-refractivity contribution is 4.72. The first kappa shape index (κ1) is 7.03. The molecule has 1 aliphatic rings. The van der Waals surface area contributed by atoms with Gasteiger partial charge in [-0.25, -0.2) is 0 Å². The van der Waals surface area contributed by atoms with E-state index in [1.165, 1.54) is 12.8 Å². The summed E-state index contributed by atoms with van der Waals surface area (Å²) >= 11 is 0. The van der Waals surface area contributed by atoms with E-state index >= 15 is 0 Å². The zero-order valence-electron chi connectivity index (χ0n) is 6.06. The lowest BCUT2D eigenvalue weighted by molar-refractivity contribution is 0.309. The van der Waals surface area contributed by atoms with Crippen molar-refractivity contribution in [3.05, 3.63) is 0 Å². The van der Waals surface area contributed by atoms with Crippen LogP contribution in [0.4, 0.5) is 0 Å². The highest BCUT2D eigenvalue weighted by Crippen LogP contribution is 2.14. The van der Waals surface area contributed by atoms with E-state index in [2.05, 4.69) is 12.2 Å². The van der Waals surface area contributed by atoms with Gasteiger partial charge in [0.25, 0.3) is 0 Å². The Morgan fingerprint density at radius 2 is 2.33 bits per heavy atom. The van der Waals surface area contributed by atoms with Crippen LogP contribution in [-0.4, -0.2) is 12.7 Å². The van der Waals surface area contributed by atoms with Gasteiger partial charge in [0.2, 0.25) is 0 Å². The molecule has 0 bridgehead atoms. The molecule has 0 amide bonds. The molecule has 54 valence electrons. The van der Waals surface area contributed by atoms with Crippen molar-refractivity contribution in [3.8, 4) is 0 Å². The second kappa shape index (κ2) is 3.18. The van der Waals surface area contributed by atoms with Crippen molar-refractivity contribution in [3.63, 3.8) is 0 Å². The van der Waals surface area contributed by atoms with Gasteiger partial charge in [0.05, 0.1) is 6.17 Å². The highest BCUT2D eigenvalue weighted by atomic mass is 15.0. The summed E-state index contributed by atoms with van der Waals surface area (Å²) in [6.45, 7) is 3.36. The van der Waals surface area contributed by atoms with Gasteiger partial charge in [-0.1, -0.05) is 13.3 Å². The van der Waals surface area contributed by atoms with Gasteiger partial charge in [-0.05, 0) is 25.3 Å². The van der Waals surface area contributed by atoms with Crippen LogP contribution in [0.15, 0.2) is 0 Å². The van der Waals surface area contributed by atoms with Gasteiger partial charge in [-0.15, -0.1) is 0 Å². The van der Waals surface area contributed by atoms with Crippen LogP contribution in [0.2, 0.25) is 0 Å². The molecule has 1 fully saturated rings. The molecule has 9 heavy (non-hydrogen) atoms. The normalized spacial score (nSPS) is 36.7. The summed E-state index contributed by atoms with van der Waals surface area (Å²) in [5, 5.41) is 3.26. The van der Waals surface area contributed by atoms with Gasteiger partial charge in [0.15, 0.2) is 0 Å². The summed E-state index contributed by atoms with van der Waals surface area (Å²) in [6, 6.07) is 0. The van der Waals surface area contributed by atoms with Gasteiger partial charge < -0.3 is 11.1 Å². The Bertz CT molecular complexity index is 75.0. The van der Waals surface area contributed by atoms with E-state index in [-0.39, 0.29) is 6.17 Å². The molecule has 0 aromatic heterocycles. The average Bonchev–Trinajstić information content (AvgIpc) is 1.90. The van der Waals surface area contributed by atoms with Crippen LogP contribution >= 0.6 is 0 Å². The van der Waals surface area contributed by atoms with Crippen molar-refractivity contribution in [2.45, 2.75) is 32.4 Å². The first-order chi connectivity index (χ1) is 4.33. The summed E-state index contributed by atoms with van der Waals surface area (Å²) in [7, 11) is 0. The molecular weight excluding hydrogens is 112 g/mol. The smallest absolute Gasteiger partial charge is 0.0546 e. The van der Waals surface area contributed by atoms with Crippen molar-refractivity contribution >= 4 is 0 Å². The summed E-state index contributed by atoms with van der Waals surface area (Å²) in [4.78, 5) is 0. The van der Waals surface area contributed by atoms with Gasteiger partial charge in [-0.3, -0.25) is 0 Å². The second-order valence-electron chi connectivity index (χ2n) is 2.87. The molecule has 0 saturated carbocycles. The molecule has 2 unspecified atom stereocenters. The largest absolute Gasteiger partial charge is 0.316 e. The minimum Gasteiger partial charge on any atom is -0.316 e. The van der Waals surface area contributed by atoms with Crippen LogP contribution in [0.25, 0.3) is 0 Å². The zero-order chi connectivity index (χ0) is 6.69. The number of piperidine rings is 1. The zero-order valence-corrected chi connectivity index (χ0v) is 6.06. The van der Waals surface area contributed by atoms with Crippen molar-refractivity contribution in [1.29, 1.82) is 0 Å². The number of nitrogens with one attached hydrogen (secondary N) is 1. The lowest BCUT2D eigenvalue weighted by Gasteiger charge is -2.26. The van der Waals surface area contributed by atoms with Crippen LogP contribution in [0, 0.1) is 5.92 Å². The first-order valence-electron chi connectivity index (χ1n) is 3.82. The SMILES string of the molecule is CCC1CCC(N)NC1. The minimum absolute atomic E-state index is 0.271. The molecule has 3 N–H and O–H groups in total. The maximum atomic E-state index is 5.64. The third-order valence-electron chi connectivity index (χ3n) is 2.13. The van der Waals surface area contributed by atoms with Gasteiger partial charge in [0.1, 0.15) is 0 Å².